The first-order valence-corrected chi connectivity index (χ1v) is 8.49. The number of likely N-dealkylation sites (tertiary alicyclic amines) is 1. The molecule has 0 aromatic rings. The number of ether oxygens (including phenoxy) is 1. The summed E-state index contributed by atoms with van der Waals surface area (Å²) in [7, 11) is 0. The van der Waals surface area contributed by atoms with Gasteiger partial charge in [-0.05, 0) is 57.9 Å². The predicted molar refractivity (Wildman–Crippen MR) is 78.6 cm³/mol. The first-order chi connectivity index (χ1) is 9.84. The van der Waals surface area contributed by atoms with E-state index >= 15 is 0 Å². The van der Waals surface area contributed by atoms with Gasteiger partial charge in [0, 0.05) is 31.7 Å². The van der Waals surface area contributed by atoms with Crippen molar-refractivity contribution in [1.82, 2.24) is 10.2 Å². The molecule has 0 aliphatic carbocycles. The van der Waals surface area contributed by atoms with Gasteiger partial charge in [0.15, 0.2) is 0 Å². The smallest absolute Gasteiger partial charge is 0.222 e. The first-order valence-electron chi connectivity index (χ1n) is 8.49. The molecule has 4 nitrogen and oxygen atoms in total. The van der Waals surface area contributed by atoms with Crippen molar-refractivity contribution in [3.63, 3.8) is 0 Å². The van der Waals surface area contributed by atoms with Crippen molar-refractivity contribution in [2.24, 2.45) is 0 Å². The van der Waals surface area contributed by atoms with Crippen LogP contribution in [0.2, 0.25) is 0 Å². The lowest BCUT2D eigenvalue weighted by molar-refractivity contribution is -0.136. The zero-order valence-corrected chi connectivity index (χ0v) is 12.5. The number of piperidine rings is 1. The second-order valence-electron chi connectivity index (χ2n) is 6.53. The van der Waals surface area contributed by atoms with E-state index in [-0.39, 0.29) is 0 Å². The van der Waals surface area contributed by atoms with Gasteiger partial charge in [0.25, 0.3) is 0 Å². The lowest BCUT2D eigenvalue weighted by Crippen LogP contribution is -2.52. The van der Waals surface area contributed by atoms with Crippen LogP contribution in [-0.2, 0) is 9.53 Å². The van der Waals surface area contributed by atoms with Gasteiger partial charge in [0.1, 0.15) is 0 Å². The Morgan fingerprint density at radius 2 is 2.10 bits per heavy atom. The highest BCUT2D eigenvalue weighted by atomic mass is 16.5. The van der Waals surface area contributed by atoms with Crippen LogP contribution in [0.3, 0.4) is 0 Å². The van der Waals surface area contributed by atoms with Crippen molar-refractivity contribution in [3.05, 3.63) is 0 Å². The van der Waals surface area contributed by atoms with E-state index in [1.54, 1.807) is 0 Å². The van der Waals surface area contributed by atoms with Gasteiger partial charge in [-0.25, -0.2) is 0 Å². The van der Waals surface area contributed by atoms with Crippen molar-refractivity contribution in [3.8, 4) is 0 Å². The number of rotatable bonds is 4. The average Bonchev–Trinajstić information content (AvgIpc) is 3.18. The highest BCUT2D eigenvalue weighted by Gasteiger charge is 2.34. The van der Waals surface area contributed by atoms with E-state index in [0.29, 0.717) is 30.5 Å². The second kappa shape index (κ2) is 6.90. The number of nitrogens with one attached hydrogen (secondary N) is 1. The summed E-state index contributed by atoms with van der Waals surface area (Å²) in [4.78, 5) is 14.7. The SMILES string of the molecule is O=C(CCC1CCCO1)N1CCCCC1C1CCCN1. The molecule has 0 aromatic carbocycles. The molecule has 0 aromatic heterocycles. The summed E-state index contributed by atoms with van der Waals surface area (Å²) in [5.74, 6) is 0.360. The molecular formula is C16H28N2O2. The number of hydrogen-bond acceptors (Lipinski definition) is 3. The predicted octanol–water partition coefficient (Wildman–Crippen LogP) is 2.08. The number of nitrogens with zero attached hydrogens (tertiary/aromatic N) is 1. The molecule has 3 fully saturated rings. The molecule has 0 saturated carbocycles. The summed E-state index contributed by atoms with van der Waals surface area (Å²) in [6.07, 6.45) is 10.4. The molecule has 3 unspecified atom stereocenters. The average molecular weight is 280 g/mol. The topological polar surface area (TPSA) is 41.6 Å². The molecule has 4 heteroatoms. The van der Waals surface area contributed by atoms with Gasteiger partial charge in [0.05, 0.1) is 6.10 Å². The van der Waals surface area contributed by atoms with Crippen molar-refractivity contribution in [2.45, 2.75) is 76.0 Å². The molecule has 3 aliphatic heterocycles. The molecule has 3 saturated heterocycles. The highest BCUT2D eigenvalue weighted by Crippen LogP contribution is 2.26. The zero-order valence-electron chi connectivity index (χ0n) is 12.5. The third-order valence-corrected chi connectivity index (χ3v) is 5.14. The third-order valence-electron chi connectivity index (χ3n) is 5.14. The quantitative estimate of drug-likeness (QED) is 0.857. The molecule has 3 rings (SSSR count). The number of hydrogen-bond donors (Lipinski definition) is 1. The van der Waals surface area contributed by atoms with Crippen LogP contribution in [-0.4, -0.2) is 48.7 Å². The van der Waals surface area contributed by atoms with Crippen molar-refractivity contribution >= 4 is 5.91 Å². The van der Waals surface area contributed by atoms with Crippen LogP contribution in [0.4, 0.5) is 0 Å². The number of carbonyl (C=O) groups excluding carboxylic acids is 1. The summed E-state index contributed by atoms with van der Waals surface area (Å²) < 4.78 is 5.63. The Morgan fingerprint density at radius 3 is 2.85 bits per heavy atom. The molecule has 114 valence electrons. The number of carbonyl (C=O) groups is 1. The van der Waals surface area contributed by atoms with Crippen molar-refractivity contribution in [1.29, 1.82) is 0 Å². The molecule has 0 spiro atoms. The Hall–Kier alpha value is -0.610. The van der Waals surface area contributed by atoms with Crippen LogP contribution in [0.1, 0.15) is 57.8 Å². The van der Waals surface area contributed by atoms with Crippen LogP contribution < -0.4 is 5.32 Å². The summed E-state index contributed by atoms with van der Waals surface area (Å²) in [6.45, 7) is 2.98. The maximum absolute atomic E-state index is 12.6. The third kappa shape index (κ3) is 3.34. The molecule has 1 amide bonds. The summed E-state index contributed by atoms with van der Waals surface area (Å²) in [5, 5.41) is 3.59. The lowest BCUT2D eigenvalue weighted by atomic mass is 9.94. The molecule has 1 N–H and O–H groups in total. The summed E-state index contributed by atoms with van der Waals surface area (Å²) in [6, 6.07) is 0.991. The minimum Gasteiger partial charge on any atom is -0.378 e. The molecule has 20 heavy (non-hydrogen) atoms. The molecule has 0 bridgehead atoms. The number of amides is 1. The van der Waals surface area contributed by atoms with Crippen LogP contribution in [0.5, 0.6) is 0 Å². The molecule has 0 radical (unpaired) electrons. The van der Waals surface area contributed by atoms with E-state index in [0.717, 1.165) is 39.0 Å². The minimum atomic E-state index is 0.340. The normalized spacial score (nSPS) is 34.6. The van der Waals surface area contributed by atoms with E-state index < -0.39 is 0 Å². The lowest BCUT2D eigenvalue weighted by Gasteiger charge is -2.39. The van der Waals surface area contributed by atoms with Gasteiger partial charge in [0.2, 0.25) is 5.91 Å². The van der Waals surface area contributed by atoms with Gasteiger partial charge in [-0.1, -0.05) is 0 Å². The molecule has 3 heterocycles. The Balaban J connectivity index is 1.52. The van der Waals surface area contributed by atoms with Gasteiger partial charge in [-0.15, -0.1) is 0 Å². The van der Waals surface area contributed by atoms with E-state index in [4.69, 9.17) is 4.74 Å². The fourth-order valence-corrected chi connectivity index (χ4v) is 4.03. The van der Waals surface area contributed by atoms with Crippen LogP contribution in [0.25, 0.3) is 0 Å². The zero-order chi connectivity index (χ0) is 13.8. The van der Waals surface area contributed by atoms with Gasteiger partial charge in [-0.2, -0.15) is 0 Å². The van der Waals surface area contributed by atoms with Gasteiger partial charge in [-0.3, -0.25) is 4.79 Å². The van der Waals surface area contributed by atoms with E-state index in [1.165, 1.54) is 32.1 Å². The van der Waals surface area contributed by atoms with Crippen LogP contribution >= 0.6 is 0 Å². The fraction of sp³-hybridized carbons (Fsp3) is 0.938. The Kier molecular flexibility index (Phi) is 4.94. The Labute approximate surface area is 122 Å². The van der Waals surface area contributed by atoms with Crippen LogP contribution in [0.15, 0.2) is 0 Å². The van der Waals surface area contributed by atoms with Crippen molar-refractivity contribution < 1.29 is 9.53 Å². The van der Waals surface area contributed by atoms with Crippen molar-refractivity contribution in [2.75, 3.05) is 19.7 Å². The minimum absolute atomic E-state index is 0.340. The second-order valence-corrected chi connectivity index (χ2v) is 6.53. The first kappa shape index (κ1) is 14.3. The van der Waals surface area contributed by atoms with Gasteiger partial charge < -0.3 is 15.0 Å². The maximum Gasteiger partial charge on any atom is 0.222 e. The van der Waals surface area contributed by atoms with Crippen LogP contribution in [0, 0.1) is 0 Å². The van der Waals surface area contributed by atoms with Gasteiger partial charge >= 0.3 is 0 Å². The van der Waals surface area contributed by atoms with E-state index in [1.807, 2.05) is 0 Å². The largest absolute Gasteiger partial charge is 0.378 e. The highest BCUT2D eigenvalue weighted by molar-refractivity contribution is 5.76. The molecule has 3 atom stereocenters. The van der Waals surface area contributed by atoms with E-state index in [2.05, 4.69) is 10.2 Å². The fourth-order valence-electron chi connectivity index (χ4n) is 4.03. The summed E-state index contributed by atoms with van der Waals surface area (Å²) >= 11 is 0. The standard InChI is InChI=1S/C16H28N2O2/c19-16(9-8-13-5-4-12-20-13)18-11-2-1-7-15(18)14-6-3-10-17-14/h13-15,17H,1-12H2. The Bertz CT molecular complexity index is 322. The summed E-state index contributed by atoms with van der Waals surface area (Å²) in [5.41, 5.74) is 0. The maximum atomic E-state index is 12.6. The molecule has 3 aliphatic rings. The molecular weight excluding hydrogens is 252 g/mol. The Morgan fingerprint density at radius 1 is 1.15 bits per heavy atom. The van der Waals surface area contributed by atoms with E-state index in [9.17, 15) is 4.79 Å². The monoisotopic (exact) mass is 280 g/mol.